The first-order chi connectivity index (χ1) is 10.1. The Morgan fingerprint density at radius 1 is 1.19 bits per heavy atom. The molecule has 0 saturated heterocycles. The monoisotopic (exact) mass is 304 g/mol. The van der Waals surface area contributed by atoms with E-state index in [9.17, 15) is 4.39 Å². The van der Waals surface area contributed by atoms with Crippen molar-refractivity contribution < 1.29 is 9.13 Å². The number of methoxy groups -OCH3 is 1. The molecule has 0 aliphatic heterocycles. The Balaban J connectivity index is 2.28. The predicted octanol–water partition coefficient (Wildman–Crippen LogP) is 4.47. The van der Waals surface area contributed by atoms with Crippen LogP contribution in [0.1, 0.15) is 18.1 Å². The Labute approximate surface area is 126 Å². The predicted molar refractivity (Wildman–Crippen MR) is 81.8 cm³/mol. The van der Waals surface area contributed by atoms with Crippen molar-refractivity contribution in [1.82, 2.24) is 9.55 Å². The van der Waals surface area contributed by atoms with Gasteiger partial charge in [0.15, 0.2) is 5.82 Å². The molecule has 0 amide bonds. The van der Waals surface area contributed by atoms with Gasteiger partial charge >= 0.3 is 0 Å². The Kier molecular flexibility index (Phi) is 3.55. The minimum Gasteiger partial charge on any atom is -0.497 e. The first-order valence-corrected chi connectivity index (χ1v) is 7.01. The molecule has 5 heteroatoms. The van der Waals surface area contributed by atoms with Gasteiger partial charge in [-0.15, -0.1) is 11.6 Å². The van der Waals surface area contributed by atoms with Crippen LogP contribution in [0.2, 0.25) is 0 Å². The molecule has 1 atom stereocenters. The van der Waals surface area contributed by atoms with E-state index in [2.05, 4.69) is 4.98 Å². The molecule has 0 aliphatic rings. The van der Waals surface area contributed by atoms with E-state index in [0.29, 0.717) is 16.9 Å². The summed E-state index contributed by atoms with van der Waals surface area (Å²) in [5.41, 5.74) is 1.89. The largest absolute Gasteiger partial charge is 0.497 e. The summed E-state index contributed by atoms with van der Waals surface area (Å²) < 4.78 is 21.0. The number of nitrogens with zero attached hydrogens (tertiary/aromatic N) is 2. The molecular formula is C16H14ClFN2O. The average molecular weight is 305 g/mol. The molecule has 21 heavy (non-hydrogen) atoms. The van der Waals surface area contributed by atoms with Crippen LogP contribution in [0.15, 0.2) is 42.5 Å². The number of ether oxygens (including phenoxy) is 1. The van der Waals surface area contributed by atoms with Crippen LogP contribution in [0.25, 0.3) is 16.7 Å². The van der Waals surface area contributed by atoms with E-state index < -0.39 is 0 Å². The van der Waals surface area contributed by atoms with Gasteiger partial charge in [0.05, 0.1) is 18.0 Å². The smallest absolute Gasteiger partial charge is 0.151 e. The normalized spacial score (nSPS) is 12.6. The third-order valence-electron chi connectivity index (χ3n) is 3.35. The molecule has 0 spiro atoms. The van der Waals surface area contributed by atoms with Crippen LogP contribution in [0, 0.1) is 5.82 Å². The average Bonchev–Trinajstić information content (AvgIpc) is 2.88. The third kappa shape index (κ3) is 2.36. The van der Waals surface area contributed by atoms with Crippen molar-refractivity contribution in [2.45, 2.75) is 12.3 Å². The van der Waals surface area contributed by atoms with Gasteiger partial charge in [-0.05, 0) is 43.3 Å². The highest BCUT2D eigenvalue weighted by molar-refractivity contribution is 6.20. The summed E-state index contributed by atoms with van der Waals surface area (Å²) in [5.74, 6) is 1.02. The quantitative estimate of drug-likeness (QED) is 0.667. The molecule has 1 heterocycles. The molecular weight excluding hydrogens is 291 g/mol. The number of hydrogen-bond acceptors (Lipinski definition) is 2. The summed E-state index contributed by atoms with van der Waals surface area (Å²) in [7, 11) is 1.61. The van der Waals surface area contributed by atoms with Crippen molar-refractivity contribution in [1.29, 1.82) is 0 Å². The molecule has 0 bridgehead atoms. The van der Waals surface area contributed by atoms with Crippen molar-refractivity contribution in [3.63, 3.8) is 0 Å². The Bertz CT molecular complexity index is 781. The van der Waals surface area contributed by atoms with Gasteiger partial charge in [-0.1, -0.05) is 6.07 Å². The maximum atomic E-state index is 13.9. The first-order valence-electron chi connectivity index (χ1n) is 6.57. The van der Waals surface area contributed by atoms with Crippen molar-refractivity contribution in [3.05, 3.63) is 54.1 Å². The van der Waals surface area contributed by atoms with Crippen LogP contribution in [0.4, 0.5) is 4.39 Å². The number of rotatable bonds is 3. The molecule has 0 N–H and O–H groups in total. The van der Waals surface area contributed by atoms with Gasteiger partial charge in [0.25, 0.3) is 0 Å². The van der Waals surface area contributed by atoms with Crippen LogP contribution >= 0.6 is 11.6 Å². The molecule has 3 rings (SSSR count). The summed E-state index contributed by atoms with van der Waals surface area (Å²) in [6, 6.07) is 12.4. The zero-order valence-corrected chi connectivity index (χ0v) is 12.4. The Hall–Kier alpha value is -2.07. The summed E-state index contributed by atoms with van der Waals surface area (Å²) in [6.07, 6.45) is 0. The molecule has 3 aromatic rings. The number of halogens is 2. The minimum atomic E-state index is -0.349. The lowest BCUT2D eigenvalue weighted by atomic mass is 10.2. The molecule has 0 radical (unpaired) electrons. The van der Waals surface area contributed by atoms with Crippen molar-refractivity contribution in [2.75, 3.05) is 7.11 Å². The van der Waals surface area contributed by atoms with Gasteiger partial charge in [0, 0.05) is 5.69 Å². The second-order valence-electron chi connectivity index (χ2n) is 4.73. The van der Waals surface area contributed by atoms with Crippen LogP contribution in [0.5, 0.6) is 5.75 Å². The molecule has 1 unspecified atom stereocenters. The lowest BCUT2D eigenvalue weighted by Gasteiger charge is -2.11. The standard InChI is InChI=1S/C16H14ClFN2O/c1-10(17)16-19-15-13(18)4-3-5-14(15)20(16)11-6-8-12(21-2)9-7-11/h3-10H,1-2H3. The molecule has 2 aromatic carbocycles. The van der Waals surface area contributed by atoms with Crippen LogP contribution in [-0.2, 0) is 0 Å². The van der Waals surface area contributed by atoms with Gasteiger partial charge < -0.3 is 4.74 Å². The Morgan fingerprint density at radius 2 is 1.90 bits per heavy atom. The molecule has 0 fully saturated rings. The van der Waals surface area contributed by atoms with E-state index in [1.165, 1.54) is 6.07 Å². The van der Waals surface area contributed by atoms with Gasteiger partial charge in [0.1, 0.15) is 17.1 Å². The van der Waals surface area contributed by atoms with Crippen LogP contribution in [0.3, 0.4) is 0 Å². The maximum absolute atomic E-state index is 13.9. The lowest BCUT2D eigenvalue weighted by Crippen LogP contribution is -2.01. The highest BCUT2D eigenvalue weighted by Gasteiger charge is 2.18. The number of benzene rings is 2. The third-order valence-corrected chi connectivity index (χ3v) is 3.54. The lowest BCUT2D eigenvalue weighted by molar-refractivity contribution is 0.414. The van der Waals surface area contributed by atoms with E-state index >= 15 is 0 Å². The van der Waals surface area contributed by atoms with Gasteiger partial charge in [0.2, 0.25) is 0 Å². The van der Waals surface area contributed by atoms with Crippen LogP contribution < -0.4 is 4.74 Å². The number of hydrogen-bond donors (Lipinski definition) is 0. The van der Waals surface area contributed by atoms with E-state index in [1.54, 1.807) is 13.2 Å². The fourth-order valence-corrected chi connectivity index (χ4v) is 2.50. The minimum absolute atomic E-state index is 0.329. The van der Waals surface area contributed by atoms with Crippen molar-refractivity contribution >= 4 is 22.6 Å². The second-order valence-corrected chi connectivity index (χ2v) is 5.38. The Morgan fingerprint density at radius 3 is 2.52 bits per heavy atom. The van der Waals surface area contributed by atoms with Crippen molar-refractivity contribution in [2.24, 2.45) is 0 Å². The fourth-order valence-electron chi connectivity index (χ4n) is 2.35. The van der Waals surface area contributed by atoms with E-state index in [0.717, 1.165) is 11.4 Å². The van der Waals surface area contributed by atoms with Crippen LogP contribution in [-0.4, -0.2) is 16.7 Å². The summed E-state index contributed by atoms with van der Waals surface area (Å²) in [4.78, 5) is 4.36. The van der Waals surface area contributed by atoms with Gasteiger partial charge in [-0.3, -0.25) is 4.57 Å². The molecule has 1 aromatic heterocycles. The highest BCUT2D eigenvalue weighted by atomic mass is 35.5. The molecule has 108 valence electrons. The number of fused-ring (bicyclic) bond motifs is 1. The van der Waals surface area contributed by atoms with E-state index in [4.69, 9.17) is 16.3 Å². The van der Waals surface area contributed by atoms with Gasteiger partial charge in [-0.25, -0.2) is 9.37 Å². The molecule has 3 nitrogen and oxygen atoms in total. The van der Waals surface area contributed by atoms with Crippen molar-refractivity contribution in [3.8, 4) is 11.4 Å². The number of alkyl halides is 1. The number of para-hydroxylation sites is 1. The summed E-state index contributed by atoms with van der Waals surface area (Å²) in [5, 5.41) is -0.334. The van der Waals surface area contributed by atoms with Gasteiger partial charge in [-0.2, -0.15) is 0 Å². The SMILES string of the molecule is COc1ccc(-n2c(C(C)Cl)nc3c(F)cccc32)cc1. The highest BCUT2D eigenvalue weighted by Crippen LogP contribution is 2.29. The molecule has 0 saturated carbocycles. The number of imidazole rings is 1. The second kappa shape index (κ2) is 5.37. The zero-order chi connectivity index (χ0) is 15.0. The number of aromatic nitrogens is 2. The maximum Gasteiger partial charge on any atom is 0.151 e. The summed E-state index contributed by atoms with van der Waals surface area (Å²) >= 11 is 6.21. The van der Waals surface area contributed by atoms with E-state index in [1.807, 2.05) is 41.8 Å². The topological polar surface area (TPSA) is 27.1 Å². The first kappa shape index (κ1) is 13.9. The molecule has 0 aliphatic carbocycles. The van der Waals surface area contributed by atoms with E-state index in [-0.39, 0.29) is 11.2 Å². The fraction of sp³-hybridized carbons (Fsp3) is 0.188. The summed E-state index contributed by atoms with van der Waals surface area (Å²) in [6.45, 7) is 1.82. The zero-order valence-electron chi connectivity index (χ0n) is 11.7.